The molecule has 0 fully saturated rings. The van der Waals surface area contributed by atoms with Crippen molar-refractivity contribution in [3.8, 4) is 11.5 Å². The lowest BCUT2D eigenvalue weighted by Gasteiger charge is -1.98. The van der Waals surface area contributed by atoms with Gasteiger partial charge in [-0.25, -0.2) is 0 Å². The van der Waals surface area contributed by atoms with Crippen LogP contribution in [-0.4, -0.2) is 26.6 Å². The summed E-state index contributed by atoms with van der Waals surface area (Å²) in [6, 6.07) is 4.42. The molecule has 1 aromatic heterocycles. The van der Waals surface area contributed by atoms with Crippen molar-refractivity contribution in [1.82, 2.24) is 10.2 Å². The molecular weight excluding hydrogens is 228 g/mol. The number of anilines is 1. The number of aromatic hydroxyl groups is 2. The Balaban J connectivity index is 2.03. The van der Waals surface area contributed by atoms with E-state index in [-0.39, 0.29) is 11.5 Å². The Labute approximate surface area is 94.9 Å². The molecule has 0 atom stereocenters. The van der Waals surface area contributed by atoms with Crippen molar-refractivity contribution in [2.24, 2.45) is 5.10 Å². The molecule has 0 radical (unpaired) electrons. The molecule has 1 aromatic carbocycles. The maximum atomic E-state index is 9.23. The van der Waals surface area contributed by atoms with Crippen LogP contribution >= 0.6 is 11.3 Å². The van der Waals surface area contributed by atoms with Crippen LogP contribution in [0.2, 0.25) is 0 Å². The first-order valence-electron chi connectivity index (χ1n) is 4.33. The van der Waals surface area contributed by atoms with Gasteiger partial charge in [0, 0.05) is 0 Å². The Kier molecular flexibility index (Phi) is 2.97. The maximum absolute atomic E-state index is 9.23. The number of nitrogens with one attached hydrogen (secondary N) is 1. The normalized spacial score (nSPS) is 10.8. The summed E-state index contributed by atoms with van der Waals surface area (Å²) in [4.78, 5) is 0. The lowest BCUT2D eigenvalue weighted by molar-refractivity contribution is 0.403. The molecular formula is C9H8N4O2S. The first-order chi connectivity index (χ1) is 7.75. The number of hydrogen-bond acceptors (Lipinski definition) is 7. The van der Waals surface area contributed by atoms with Gasteiger partial charge in [0.15, 0.2) is 11.5 Å². The Morgan fingerprint density at radius 2 is 2.19 bits per heavy atom. The molecule has 3 N–H and O–H groups in total. The summed E-state index contributed by atoms with van der Waals surface area (Å²) in [5.74, 6) is -0.339. The fraction of sp³-hybridized carbons (Fsp3) is 0. The predicted molar refractivity (Wildman–Crippen MR) is 60.9 cm³/mol. The highest BCUT2D eigenvalue weighted by Gasteiger charge is 1.98. The molecule has 0 spiro atoms. The third-order valence-corrected chi connectivity index (χ3v) is 2.33. The first kappa shape index (κ1) is 10.4. The van der Waals surface area contributed by atoms with Crippen molar-refractivity contribution in [2.45, 2.75) is 0 Å². The number of nitrogens with zero attached hydrogens (tertiary/aromatic N) is 3. The van der Waals surface area contributed by atoms with Gasteiger partial charge in [0.05, 0.1) is 6.21 Å². The van der Waals surface area contributed by atoms with Crippen LogP contribution in [0.1, 0.15) is 5.56 Å². The fourth-order valence-electron chi connectivity index (χ4n) is 1.00. The molecule has 2 rings (SSSR count). The molecule has 0 aliphatic carbocycles. The molecule has 2 aromatic rings. The second-order valence-corrected chi connectivity index (χ2v) is 3.70. The third kappa shape index (κ3) is 2.45. The lowest BCUT2D eigenvalue weighted by Crippen LogP contribution is -1.89. The van der Waals surface area contributed by atoms with E-state index in [1.165, 1.54) is 29.7 Å². The molecule has 16 heavy (non-hydrogen) atoms. The molecule has 7 heteroatoms. The number of rotatable bonds is 3. The highest BCUT2D eigenvalue weighted by atomic mass is 32.1. The number of phenols is 2. The fourth-order valence-corrected chi connectivity index (χ4v) is 1.40. The number of phenolic OH excluding ortho intramolecular Hbond substituents is 2. The number of hydrogen-bond donors (Lipinski definition) is 3. The first-order valence-corrected chi connectivity index (χ1v) is 5.21. The van der Waals surface area contributed by atoms with Crippen molar-refractivity contribution in [3.63, 3.8) is 0 Å². The van der Waals surface area contributed by atoms with Gasteiger partial charge in [0.2, 0.25) is 5.13 Å². The molecule has 0 amide bonds. The van der Waals surface area contributed by atoms with E-state index in [0.29, 0.717) is 10.7 Å². The molecule has 0 unspecified atom stereocenters. The van der Waals surface area contributed by atoms with E-state index >= 15 is 0 Å². The molecule has 0 saturated heterocycles. The number of benzene rings is 1. The van der Waals surface area contributed by atoms with Gasteiger partial charge in [-0.1, -0.05) is 11.3 Å². The Morgan fingerprint density at radius 3 is 2.88 bits per heavy atom. The lowest BCUT2D eigenvalue weighted by atomic mass is 10.2. The quantitative estimate of drug-likeness (QED) is 0.425. The van der Waals surface area contributed by atoms with E-state index in [9.17, 15) is 5.11 Å². The Hall–Kier alpha value is -2.15. The summed E-state index contributed by atoms with van der Waals surface area (Å²) in [5, 5.41) is 30.2. The summed E-state index contributed by atoms with van der Waals surface area (Å²) in [6.45, 7) is 0. The van der Waals surface area contributed by atoms with E-state index in [1.54, 1.807) is 11.6 Å². The van der Waals surface area contributed by atoms with Crippen LogP contribution in [-0.2, 0) is 0 Å². The smallest absolute Gasteiger partial charge is 0.225 e. The van der Waals surface area contributed by atoms with Crippen LogP contribution in [0.15, 0.2) is 28.8 Å². The van der Waals surface area contributed by atoms with Crippen molar-refractivity contribution in [1.29, 1.82) is 0 Å². The summed E-state index contributed by atoms with van der Waals surface area (Å²) in [7, 11) is 0. The number of aromatic nitrogens is 2. The average Bonchev–Trinajstić information content (AvgIpc) is 2.76. The maximum Gasteiger partial charge on any atom is 0.225 e. The SMILES string of the molecule is Oc1ccc(/C=N\Nc2nncs2)cc1O. The van der Waals surface area contributed by atoms with E-state index in [4.69, 9.17) is 5.11 Å². The standard InChI is InChI=1S/C9H8N4O2S/c14-7-2-1-6(3-8(7)15)4-10-12-9-13-11-5-16-9/h1-5,14-15H,(H,12,13)/b10-4-. The van der Waals surface area contributed by atoms with Crippen molar-refractivity contribution < 1.29 is 10.2 Å². The Morgan fingerprint density at radius 1 is 1.31 bits per heavy atom. The van der Waals surface area contributed by atoms with Crippen molar-refractivity contribution in [2.75, 3.05) is 5.43 Å². The molecule has 6 nitrogen and oxygen atoms in total. The molecule has 0 aliphatic heterocycles. The minimum Gasteiger partial charge on any atom is -0.504 e. The minimum absolute atomic E-state index is 0.158. The van der Waals surface area contributed by atoms with E-state index in [1.807, 2.05) is 0 Å². The Bertz CT molecular complexity index is 498. The molecule has 0 bridgehead atoms. The summed E-state index contributed by atoms with van der Waals surface area (Å²) >= 11 is 1.33. The zero-order chi connectivity index (χ0) is 11.4. The van der Waals surface area contributed by atoms with Crippen LogP contribution in [0, 0.1) is 0 Å². The second kappa shape index (κ2) is 4.58. The van der Waals surface area contributed by atoms with Gasteiger partial charge < -0.3 is 10.2 Å². The van der Waals surface area contributed by atoms with Gasteiger partial charge in [0.1, 0.15) is 5.51 Å². The molecule has 0 aliphatic rings. The summed E-state index contributed by atoms with van der Waals surface area (Å²) < 4.78 is 0. The van der Waals surface area contributed by atoms with Crippen molar-refractivity contribution in [3.05, 3.63) is 29.3 Å². The second-order valence-electron chi connectivity index (χ2n) is 2.86. The van der Waals surface area contributed by atoms with Crippen LogP contribution in [0.25, 0.3) is 0 Å². The average molecular weight is 236 g/mol. The highest BCUT2D eigenvalue weighted by molar-refractivity contribution is 7.13. The van der Waals surface area contributed by atoms with Gasteiger partial charge in [0.25, 0.3) is 0 Å². The summed E-state index contributed by atoms with van der Waals surface area (Å²) in [5.41, 5.74) is 4.92. The molecule has 1 heterocycles. The van der Waals surface area contributed by atoms with Gasteiger partial charge >= 0.3 is 0 Å². The van der Waals surface area contributed by atoms with E-state index in [2.05, 4.69) is 20.7 Å². The largest absolute Gasteiger partial charge is 0.504 e. The molecule has 0 saturated carbocycles. The van der Waals surface area contributed by atoms with Gasteiger partial charge in [-0.05, 0) is 23.8 Å². The van der Waals surface area contributed by atoms with Gasteiger partial charge in [-0.2, -0.15) is 5.10 Å². The van der Waals surface area contributed by atoms with Crippen LogP contribution in [0.3, 0.4) is 0 Å². The van der Waals surface area contributed by atoms with Crippen LogP contribution < -0.4 is 5.43 Å². The minimum atomic E-state index is -0.181. The van der Waals surface area contributed by atoms with Crippen molar-refractivity contribution >= 4 is 22.7 Å². The third-order valence-electron chi connectivity index (χ3n) is 1.73. The van der Waals surface area contributed by atoms with Gasteiger partial charge in [-0.15, -0.1) is 10.2 Å². The molecule has 82 valence electrons. The van der Waals surface area contributed by atoms with Crippen LogP contribution in [0.5, 0.6) is 11.5 Å². The van der Waals surface area contributed by atoms with Gasteiger partial charge in [-0.3, -0.25) is 5.43 Å². The zero-order valence-corrected chi connectivity index (χ0v) is 8.85. The monoisotopic (exact) mass is 236 g/mol. The highest BCUT2D eigenvalue weighted by Crippen LogP contribution is 2.24. The topological polar surface area (TPSA) is 90.6 Å². The number of hydrazone groups is 1. The van der Waals surface area contributed by atoms with E-state index < -0.39 is 0 Å². The van der Waals surface area contributed by atoms with E-state index in [0.717, 1.165) is 0 Å². The summed E-state index contributed by atoms with van der Waals surface area (Å²) in [6.07, 6.45) is 1.50. The zero-order valence-electron chi connectivity index (χ0n) is 8.03. The van der Waals surface area contributed by atoms with Crippen LogP contribution in [0.4, 0.5) is 5.13 Å². The predicted octanol–water partition coefficient (Wildman–Crippen LogP) is 1.40.